The van der Waals surface area contributed by atoms with E-state index in [0.717, 1.165) is 18.8 Å². The topological polar surface area (TPSA) is 56.2 Å². The van der Waals surface area contributed by atoms with Crippen LogP contribution in [0.25, 0.3) is 0 Å². The van der Waals surface area contributed by atoms with Crippen molar-refractivity contribution in [3.05, 3.63) is 29.6 Å². The van der Waals surface area contributed by atoms with E-state index in [1.165, 1.54) is 4.90 Å². The van der Waals surface area contributed by atoms with Crippen LogP contribution in [0, 0.1) is 5.82 Å². The van der Waals surface area contributed by atoms with Crippen LogP contribution in [0.4, 0.5) is 14.9 Å². The summed E-state index contributed by atoms with van der Waals surface area (Å²) in [6.07, 6.45) is -0.886. The molecule has 2 saturated heterocycles. The van der Waals surface area contributed by atoms with Crippen LogP contribution in [0.1, 0.15) is 12.5 Å². The van der Waals surface area contributed by atoms with Crippen LogP contribution in [0.3, 0.4) is 0 Å². The van der Waals surface area contributed by atoms with Crippen molar-refractivity contribution in [1.29, 1.82) is 0 Å². The fraction of sp³-hybridized carbons (Fsp3) is 0.588. The van der Waals surface area contributed by atoms with Gasteiger partial charge in [0.1, 0.15) is 5.82 Å². The summed E-state index contributed by atoms with van der Waals surface area (Å²) >= 11 is 0. The molecule has 1 aromatic rings. The first-order valence-corrected chi connectivity index (χ1v) is 8.37. The normalized spacial score (nSPS) is 22.7. The number of carboxylic acid groups (broad SMARTS) is 1. The molecule has 0 spiro atoms. The molecule has 0 aromatic heterocycles. The van der Waals surface area contributed by atoms with Crippen molar-refractivity contribution in [3.8, 4) is 0 Å². The molecule has 1 aromatic carbocycles. The Morgan fingerprint density at radius 2 is 2.04 bits per heavy atom. The fourth-order valence-electron chi connectivity index (χ4n) is 3.38. The lowest BCUT2D eigenvalue weighted by Gasteiger charge is -2.38. The Bertz CT molecular complexity index is 592. The van der Waals surface area contributed by atoms with E-state index in [-0.39, 0.29) is 11.9 Å². The number of piperazine rings is 1. The number of rotatable bonds is 3. The fourth-order valence-corrected chi connectivity index (χ4v) is 3.38. The Kier molecular flexibility index (Phi) is 5.20. The molecule has 6 nitrogen and oxygen atoms in total. The lowest BCUT2D eigenvalue weighted by molar-refractivity contribution is 0.0706. The minimum atomic E-state index is -0.886. The van der Waals surface area contributed by atoms with Gasteiger partial charge in [0.25, 0.3) is 0 Å². The molecular weight excluding hydrogens is 313 g/mol. The highest BCUT2D eigenvalue weighted by atomic mass is 19.1. The Morgan fingerprint density at radius 1 is 1.29 bits per heavy atom. The van der Waals surface area contributed by atoms with Crippen LogP contribution < -0.4 is 4.90 Å². The number of halogens is 1. The standard InChI is InChI=1S/C17H24FN3O3/c1-13-11-19(4-5-21(13)17(22)23)12-14-2-3-15(10-16(14)18)20-6-8-24-9-7-20/h2-3,10,13H,4-9,11-12H2,1H3,(H,22,23)/t13-/m1/s1. The summed E-state index contributed by atoms with van der Waals surface area (Å²) in [5.41, 5.74) is 1.55. The van der Waals surface area contributed by atoms with Gasteiger partial charge in [-0.2, -0.15) is 0 Å². The molecule has 2 heterocycles. The summed E-state index contributed by atoms with van der Waals surface area (Å²) in [6, 6.07) is 5.32. The highest BCUT2D eigenvalue weighted by Gasteiger charge is 2.27. The van der Waals surface area contributed by atoms with Gasteiger partial charge in [-0.1, -0.05) is 6.07 Å². The molecule has 1 amide bonds. The van der Waals surface area contributed by atoms with Gasteiger partial charge in [0.15, 0.2) is 0 Å². The molecule has 0 radical (unpaired) electrons. The molecule has 132 valence electrons. The van der Waals surface area contributed by atoms with Gasteiger partial charge in [0.05, 0.1) is 13.2 Å². The molecule has 0 bridgehead atoms. The molecule has 0 aliphatic carbocycles. The van der Waals surface area contributed by atoms with Crippen LogP contribution in [-0.2, 0) is 11.3 Å². The predicted octanol–water partition coefficient (Wildman–Crippen LogP) is 1.85. The molecule has 24 heavy (non-hydrogen) atoms. The largest absolute Gasteiger partial charge is 0.465 e. The summed E-state index contributed by atoms with van der Waals surface area (Å²) in [7, 11) is 0. The summed E-state index contributed by atoms with van der Waals surface area (Å²) < 4.78 is 19.8. The third-order valence-corrected chi connectivity index (χ3v) is 4.76. The number of morpholine rings is 1. The molecule has 2 aliphatic rings. The minimum absolute atomic E-state index is 0.0769. The van der Waals surface area contributed by atoms with Crippen molar-refractivity contribution in [3.63, 3.8) is 0 Å². The highest BCUT2D eigenvalue weighted by molar-refractivity contribution is 5.65. The third kappa shape index (κ3) is 3.79. The number of hydrogen-bond acceptors (Lipinski definition) is 4. The number of amides is 1. The zero-order valence-electron chi connectivity index (χ0n) is 13.9. The maximum atomic E-state index is 14.5. The number of benzene rings is 1. The van der Waals surface area contributed by atoms with Crippen molar-refractivity contribution in [2.45, 2.75) is 19.5 Å². The zero-order valence-corrected chi connectivity index (χ0v) is 13.9. The SMILES string of the molecule is C[C@@H]1CN(Cc2ccc(N3CCOCC3)cc2F)CCN1C(=O)O. The minimum Gasteiger partial charge on any atom is -0.465 e. The van der Waals surface area contributed by atoms with Gasteiger partial charge in [-0.15, -0.1) is 0 Å². The number of nitrogens with zero attached hydrogens (tertiary/aromatic N) is 3. The Labute approximate surface area is 141 Å². The summed E-state index contributed by atoms with van der Waals surface area (Å²) in [5, 5.41) is 9.12. The summed E-state index contributed by atoms with van der Waals surface area (Å²) in [5.74, 6) is -0.202. The Morgan fingerprint density at radius 3 is 2.67 bits per heavy atom. The number of ether oxygens (including phenoxy) is 1. The molecule has 2 aliphatic heterocycles. The molecule has 3 rings (SSSR count). The zero-order chi connectivity index (χ0) is 17.1. The van der Waals surface area contributed by atoms with Crippen molar-refractivity contribution < 1.29 is 19.0 Å². The van der Waals surface area contributed by atoms with Crippen molar-refractivity contribution in [2.24, 2.45) is 0 Å². The van der Waals surface area contributed by atoms with Crippen LogP contribution >= 0.6 is 0 Å². The van der Waals surface area contributed by atoms with Gasteiger partial charge in [-0.25, -0.2) is 9.18 Å². The second kappa shape index (κ2) is 7.36. The van der Waals surface area contributed by atoms with Gasteiger partial charge in [-0.3, -0.25) is 4.90 Å². The Hall–Kier alpha value is -1.86. The van der Waals surface area contributed by atoms with Crippen LogP contribution in [0.15, 0.2) is 18.2 Å². The average molecular weight is 337 g/mol. The van der Waals surface area contributed by atoms with Crippen molar-refractivity contribution >= 4 is 11.8 Å². The quantitative estimate of drug-likeness (QED) is 0.912. The van der Waals surface area contributed by atoms with Crippen LogP contribution in [0.5, 0.6) is 0 Å². The van der Waals surface area contributed by atoms with E-state index in [1.54, 1.807) is 6.07 Å². The first-order valence-electron chi connectivity index (χ1n) is 8.37. The summed E-state index contributed by atoms with van der Waals surface area (Å²) in [4.78, 5) is 16.8. The van der Waals surface area contributed by atoms with Gasteiger partial charge < -0.3 is 19.6 Å². The van der Waals surface area contributed by atoms with E-state index in [1.807, 2.05) is 19.1 Å². The predicted molar refractivity (Wildman–Crippen MR) is 88.9 cm³/mol. The molecular formula is C17H24FN3O3. The maximum absolute atomic E-state index is 14.5. The first kappa shape index (κ1) is 17.0. The van der Waals surface area contributed by atoms with Crippen molar-refractivity contribution in [2.75, 3.05) is 50.8 Å². The molecule has 7 heteroatoms. The van der Waals surface area contributed by atoms with Crippen molar-refractivity contribution in [1.82, 2.24) is 9.80 Å². The molecule has 1 atom stereocenters. The second-order valence-corrected chi connectivity index (χ2v) is 6.44. The van der Waals surface area contributed by atoms with Gasteiger partial charge >= 0.3 is 6.09 Å². The second-order valence-electron chi connectivity index (χ2n) is 6.44. The van der Waals surface area contributed by atoms with E-state index < -0.39 is 6.09 Å². The van der Waals surface area contributed by atoms with Gasteiger partial charge in [0.2, 0.25) is 0 Å². The lowest BCUT2D eigenvalue weighted by atomic mass is 10.1. The molecule has 0 saturated carbocycles. The third-order valence-electron chi connectivity index (χ3n) is 4.76. The van der Waals surface area contributed by atoms with E-state index in [4.69, 9.17) is 9.84 Å². The smallest absolute Gasteiger partial charge is 0.407 e. The maximum Gasteiger partial charge on any atom is 0.407 e. The number of anilines is 1. The molecule has 2 fully saturated rings. The van der Waals surface area contributed by atoms with Gasteiger partial charge in [-0.05, 0) is 19.1 Å². The summed E-state index contributed by atoms with van der Waals surface area (Å²) in [6.45, 7) is 7.03. The molecule has 0 unspecified atom stereocenters. The van der Waals surface area contributed by atoms with E-state index in [0.29, 0.717) is 45.0 Å². The van der Waals surface area contributed by atoms with E-state index in [2.05, 4.69) is 9.80 Å². The molecule has 1 N–H and O–H groups in total. The van der Waals surface area contributed by atoms with E-state index >= 15 is 0 Å². The van der Waals surface area contributed by atoms with E-state index in [9.17, 15) is 9.18 Å². The first-order chi connectivity index (χ1) is 11.5. The number of carbonyl (C=O) groups is 1. The van der Waals surface area contributed by atoms with Crippen LogP contribution in [-0.4, -0.2) is 73.0 Å². The highest BCUT2D eigenvalue weighted by Crippen LogP contribution is 2.22. The Balaban J connectivity index is 1.62. The number of hydrogen-bond donors (Lipinski definition) is 1. The monoisotopic (exact) mass is 337 g/mol. The van der Waals surface area contributed by atoms with Crippen LogP contribution in [0.2, 0.25) is 0 Å². The van der Waals surface area contributed by atoms with Gasteiger partial charge in [0, 0.05) is 56.6 Å². The average Bonchev–Trinajstić information content (AvgIpc) is 2.57. The lowest BCUT2D eigenvalue weighted by Crippen LogP contribution is -2.53.